The summed E-state index contributed by atoms with van der Waals surface area (Å²) in [4.78, 5) is 0. The summed E-state index contributed by atoms with van der Waals surface area (Å²) >= 11 is 3.58. The van der Waals surface area contributed by atoms with Gasteiger partial charge in [0.25, 0.3) is 0 Å². The van der Waals surface area contributed by atoms with Crippen molar-refractivity contribution in [2.24, 2.45) is 5.73 Å². The lowest BCUT2D eigenvalue weighted by molar-refractivity contribution is 0.301. The summed E-state index contributed by atoms with van der Waals surface area (Å²) in [6.07, 6.45) is 6.13. The molecule has 88 valence electrons. The molecule has 1 nitrogen and oxygen atoms in total. The number of rotatable bonds is 1. The summed E-state index contributed by atoms with van der Waals surface area (Å²) in [6.45, 7) is 4.36. The second-order valence-electron chi connectivity index (χ2n) is 5.11. The normalized spacial score (nSPS) is 19.8. The second-order valence-corrected chi connectivity index (χ2v) is 6.03. The van der Waals surface area contributed by atoms with Gasteiger partial charge in [-0.2, -0.15) is 0 Å². The van der Waals surface area contributed by atoms with E-state index in [9.17, 15) is 0 Å². The first-order valence-corrected chi connectivity index (χ1v) is 6.88. The van der Waals surface area contributed by atoms with E-state index in [1.54, 1.807) is 0 Å². The Morgan fingerprint density at radius 2 is 1.75 bits per heavy atom. The van der Waals surface area contributed by atoms with Crippen molar-refractivity contribution in [1.82, 2.24) is 0 Å². The van der Waals surface area contributed by atoms with Crippen molar-refractivity contribution >= 4 is 15.9 Å². The highest BCUT2D eigenvalue weighted by Crippen LogP contribution is 2.38. The molecule has 0 bridgehead atoms. The molecule has 0 saturated heterocycles. The maximum atomic E-state index is 6.60. The van der Waals surface area contributed by atoms with E-state index >= 15 is 0 Å². The van der Waals surface area contributed by atoms with Gasteiger partial charge in [-0.1, -0.05) is 35.2 Å². The largest absolute Gasteiger partial charge is 0.321 e. The quantitative estimate of drug-likeness (QED) is 0.821. The molecule has 2 N–H and O–H groups in total. The SMILES string of the molecule is Cc1cc(Br)cc(C2(N)CCCCC2)c1C. The predicted octanol–water partition coefficient (Wildman–Crippen LogP) is 4.18. The van der Waals surface area contributed by atoms with E-state index in [1.165, 1.54) is 36.0 Å². The molecule has 0 amide bonds. The third-order valence-corrected chi connectivity index (χ3v) is 4.37. The Hall–Kier alpha value is -0.340. The van der Waals surface area contributed by atoms with Crippen molar-refractivity contribution in [1.29, 1.82) is 0 Å². The molecular weight excluding hydrogens is 262 g/mol. The Bertz CT molecular complexity index is 392. The number of aryl methyl sites for hydroxylation is 1. The van der Waals surface area contributed by atoms with Gasteiger partial charge in [-0.05, 0) is 55.5 Å². The minimum absolute atomic E-state index is 0.0864. The van der Waals surface area contributed by atoms with E-state index < -0.39 is 0 Å². The molecule has 0 spiro atoms. The van der Waals surface area contributed by atoms with Gasteiger partial charge in [-0.25, -0.2) is 0 Å². The number of nitrogens with two attached hydrogens (primary N) is 1. The molecule has 1 aliphatic carbocycles. The number of hydrogen-bond acceptors (Lipinski definition) is 1. The van der Waals surface area contributed by atoms with Gasteiger partial charge in [0, 0.05) is 10.0 Å². The van der Waals surface area contributed by atoms with Crippen molar-refractivity contribution < 1.29 is 0 Å². The van der Waals surface area contributed by atoms with Gasteiger partial charge < -0.3 is 5.73 Å². The highest BCUT2D eigenvalue weighted by Gasteiger charge is 2.31. The van der Waals surface area contributed by atoms with Crippen LogP contribution in [0.4, 0.5) is 0 Å². The van der Waals surface area contributed by atoms with Gasteiger partial charge >= 0.3 is 0 Å². The molecular formula is C14H20BrN. The zero-order chi connectivity index (χ0) is 11.8. The van der Waals surface area contributed by atoms with Crippen molar-refractivity contribution in [3.63, 3.8) is 0 Å². The minimum atomic E-state index is -0.0864. The molecule has 0 atom stereocenters. The Kier molecular flexibility index (Phi) is 3.41. The standard InChI is InChI=1S/C14H20BrN/c1-10-8-12(15)9-13(11(10)2)14(16)6-4-3-5-7-14/h8-9H,3-7,16H2,1-2H3. The van der Waals surface area contributed by atoms with Crippen LogP contribution in [0, 0.1) is 13.8 Å². The van der Waals surface area contributed by atoms with Gasteiger partial charge in [-0.3, -0.25) is 0 Å². The Labute approximate surface area is 107 Å². The molecule has 0 aromatic heterocycles. The van der Waals surface area contributed by atoms with E-state index in [4.69, 9.17) is 5.73 Å². The zero-order valence-electron chi connectivity index (χ0n) is 10.1. The topological polar surface area (TPSA) is 26.0 Å². The van der Waals surface area contributed by atoms with Crippen molar-refractivity contribution in [2.75, 3.05) is 0 Å². The average molecular weight is 282 g/mol. The second kappa shape index (κ2) is 4.50. The average Bonchev–Trinajstić information content (AvgIpc) is 2.24. The zero-order valence-corrected chi connectivity index (χ0v) is 11.7. The summed E-state index contributed by atoms with van der Waals surface area (Å²) in [5.41, 5.74) is 10.6. The first-order chi connectivity index (χ1) is 7.53. The Morgan fingerprint density at radius 3 is 2.38 bits per heavy atom. The highest BCUT2D eigenvalue weighted by molar-refractivity contribution is 9.10. The molecule has 0 aliphatic heterocycles. The van der Waals surface area contributed by atoms with E-state index in [0.29, 0.717) is 0 Å². The lowest BCUT2D eigenvalue weighted by atomic mass is 9.75. The fourth-order valence-corrected chi connectivity index (χ4v) is 3.36. The molecule has 1 aromatic carbocycles. The molecule has 0 heterocycles. The van der Waals surface area contributed by atoms with Crippen molar-refractivity contribution in [3.8, 4) is 0 Å². The monoisotopic (exact) mass is 281 g/mol. The van der Waals surface area contributed by atoms with Gasteiger partial charge in [0.05, 0.1) is 0 Å². The molecule has 16 heavy (non-hydrogen) atoms. The third-order valence-electron chi connectivity index (χ3n) is 3.91. The van der Waals surface area contributed by atoms with Crippen LogP contribution < -0.4 is 5.73 Å². The number of benzene rings is 1. The predicted molar refractivity (Wildman–Crippen MR) is 72.6 cm³/mol. The smallest absolute Gasteiger partial charge is 0.0412 e. The molecule has 0 radical (unpaired) electrons. The summed E-state index contributed by atoms with van der Waals surface area (Å²) in [6, 6.07) is 4.39. The van der Waals surface area contributed by atoms with E-state index in [1.807, 2.05) is 0 Å². The minimum Gasteiger partial charge on any atom is -0.321 e. The van der Waals surface area contributed by atoms with E-state index in [2.05, 4.69) is 41.9 Å². The number of halogens is 1. The summed E-state index contributed by atoms with van der Waals surface area (Å²) < 4.78 is 1.15. The lowest BCUT2D eigenvalue weighted by Gasteiger charge is -2.35. The maximum Gasteiger partial charge on any atom is 0.0412 e. The summed E-state index contributed by atoms with van der Waals surface area (Å²) in [5, 5.41) is 0. The van der Waals surface area contributed by atoms with Gasteiger partial charge in [0.15, 0.2) is 0 Å². The van der Waals surface area contributed by atoms with Crippen LogP contribution >= 0.6 is 15.9 Å². The van der Waals surface area contributed by atoms with Crippen LogP contribution in [0.2, 0.25) is 0 Å². The molecule has 0 unspecified atom stereocenters. The van der Waals surface area contributed by atoms with Gasteiger partial charge in [0.1, 0.15) is 0 Å². The van der Waals surface area contributed by atoms with Crippen LogP contribution in [0.1, 0.15) is 48.8 Å². The first-order valence-electron chi connectivity index (χ1n) is 6.09. The molecule has 2 heteroatoms. The molecule has 1 aromatic rings. The van der Waals surface area contributed by atoms with Crippen molar-refractivity contribution in [2.45, 2.75) is 51.5 Å². The van der Waals surface area contributed by atoms with Crippen LogP contribution in [-0.2, 0) is 5.54 Å². The van der Waals surface area contributed by atoms with Gasteiger partial charge in [0.2, 0.25) is 0 Å². The fourth-order valence-electron chi connectivity index (χ4n) is 2.78. The van der Waals surface area contributed by atoms with Crippen molar-refractivity contribution in [3.05, 3.63) is 33.3 Å². The van der Waals surface area contributed by atoms with Crippen LogP contribution in [0.5, 0.6) is 0 Å². The van der Waals surface area contributed by atoms with Crippen LogP contribution in [0.3, 0.4) is 0 Å². The molecule has 1 saturated carbocycles. The summed E-state index contributed by atoms with van der Waals surface area (Å²) in [7, 11) is 0. The van der Waals surface area contributed by atoms with E-state index in [0.717, 1.165) is 17.3 Å². The summed E-state index contributed by atoms with van der Waals surface area (Å²) in [5.74, 6) is 0. The molecule has 2 rings (SSSR count). The fraction of sp³-hybridized carbons (Fsp3) is 0.571. The lowest BCUT2D eigenvalue weighted by Crippen LogP contribution is -2.39. The van der Waals surface area contributed by atoms with Crippen LogP contribution in [0.25, 0.3) is 0 Å². The third kappa shape index (κ3) is 2.18. The molecule has 1 fully saturated rings. The number of hydrogen-bond donors (Lipinski definition) is 1. The van der Waals surface area contributed by atoms with E-state index in [-0.39, 0.29) is 5.54 Å². The molecule has 1 aliphatic rings. The Balaban J connectivity index is 2.45. The van der Waals surface area contributed by atoms with Crippen LogP contribution in [-0.4, -0.2) is 0 Å². The first kappa shape index (κ1) is 12.1. The Morgan fingerprint density at radius 1 is 1.12 bits per heavy atom. The maximum absolute atomic E-state index is 6.60. The van der Waals surface area contributed by atoms with Crippen LogP contribution in [0.15, 0.2) is 16.6 Å². The highest BCUT2D eigenvalue weighted by atomic mass is 79.9. The van der Waals surface area contributed by atoms with Gasteiger partial charge in [-0.15, -0.1) is 0 Å².